The first kappa shape index (κ1) is 17.4. The fourth-order valence-electron chi connectivity index (χ4n) is 2.44. The van der Waals surface area contributed by atoms with E-state index in [1.54, 1.807) is 25.8 Å². The minimum Gasteiger partial charge on any atom is -0.343 e. The maximum Gasteiger partial charge on any atom is 0.243 e. The Morgan fingerprint density at radius 2 is 1.90 bits per heavy atom. The van der Waals surface area contributed by atoms with Gasteiger partial charge in [-0.25, -0.2) is 8.42 Å². The average molecular weight is 305 g/mol. The van der Waals surface area contributed by atoms with Gasteiger partial charge in [-0.2, -0.15) is 4.31 Å². The lowest BCUT2D eigenvalue weighted by atomic mass is 10.0. The lowest BCUT2D eigenvalue weighted by molar-refractivity contribution is -0.142. The Morgan fingerprint density at radius 3 is 2.45 bits per heavy atom. The molecule has 1 rings (SSSR count). The fourth-order valence-corrected chi connectivity index (χ4v) is 4.30. The van der Waals surface area contributed by atoms with Crippen LogP contribution in [-0.4, -0.2) is 67.5 Å². The van der Waals surface area contributed by atoms with Crippen LogP contribution in [-0.2, 0) is 14.8 Å². The molecule has 0 atom stereocenters. The van der Waals surface area contributed by atoms with Gasteiger partial charge in [0, 0.05) is 26.2 Å². The Bertz CT molecular complexity index is 446. The van der Waals surface area contributed by atoms with Crippen LogP contribution < -0.4 is 5.32 Å². The first-order valence-corrected chi connectivity index (χ1v) is 8.69. The highest BCUT2D eigenvalue weighted by molar-refractivity contribution is 7.89. The Balaban J connectivity index is 2.69. The summed E-state index contributed by atoms with van der Waals surface area (Å²) >= 11 is 0. The first-order valence-electron chi connectivity index (χ1n) is 7.08. The summed E-state index contributed by atoms with van der Waals surface area (Å²) in [5.74, 6) is -0.0692. The van der Waals surface area contributed by atoms with Gasteiger partial charge in [-0.15, -0.1) is 0 Å². The zero-order valence-electron chi connectivity index (χ0n) is 13.1. The van der Waals surface area contributed by atoms with E-state index in [0.29, 0.717) is 32.1 Å². The highest BCUT2D eigenvalue weighted by Crippen LogP contribution is 2.25. The molecule has 0 aromatic carbocycles. The van der Waals surface area contributed by atoms with Gasteiger partial charge >= 0.3 is 0 Å². The third kappa shape index (κ3) is 3.93. The van der Waals surface area contributed by atoms with Crippen molar-refractivity contribution in [1.82, 2.24) is 14.5 Å². The zero-order valence-corrected chi connectivity index (χ0v) is 14.0. The first-order chi connectivity index (χ1) is 9.09. The third-order valence-electron chi connectivity index (χ3n) is 3.60. The van der Waals surface area contributed by atoms with Crippen molar-refractivity contribution in [3.63, 3.8) is 0 Å². The largest absolute Gasteiger partial charge is 0.343 e. The van der Waals surface area contributed by atoms with E-state index in [1.165, 1.54) is 4.31 Å². The lowest BCUT2D eigenvalue weighted by Gasteiger charge is -2.43. The van der Waals surface area contributed by atoms with E-state index in [1.807, 2.05) is 13.8 Å². The summed E-state index contributed by atoms with van der Waals surface area (Å²) in [6.07, 6.45) is 0.553. The molecule has 0 unspecified atom stereocenters. The smallest absolute Gasteiger partial charge is 0.243 e. The molecule has 20 heavy (non-hydrogen) atoms. The summed E-state index contributed by atoms with van der Waals surface area (Å²) in [6.45, 7) is 8.89. The van der Waals surface area contributed by atoms with E-state index < -0.39 is 15.6 Å². The second-order valence-electron chi connectivity index (χ2n) is 6.14. The van der Waals surface area contributed by atoms with Crippen molar-refractivity contribution in [3.8, 4) is 0 Å². The standard InChI is InChI=1S/C13H27N3O3S/c1-11(2)14-7-6-10-20(18,19)16-9-8-15(5)12(17)13(16,3)4/h11,14H,6-10H2,1-5H3. The fraction of sp³-hybridized carbons (Fsp3) is 0.923. The van der Waals surface area contributed by atoms with Crippen molar-refractivity contribution >= 4 is 15.9 Å². The Labute approximate surface area is 122 Å². The van der Waals surface area contributed by atoms with Crippen LogP contribution in [0.1, 0.15) is 34.1 Å². The maximum atomic E-state index is 12.4. The molecule has 1 saturated heterocycles. The van der Waals surface area contributed by atoms with Crippen molar-refractivity contribution < 1.29 is 13.2 Å². The Morgan fingerprint density at radius 1 is 1.30 bits per heavy atom. The monoisotopic (exact) mass is 305 g/mol. The molecule has 0 aliphatic carbocycles. The molecule has 7 heteroatoms. The second-order valence-corrected chi connectivity index (χ2v) is 8.15. The van der Waals surface area contributed by atoms with E-state index in [9.17, 15) is 13.2 Å². The van der Waals surface area contributed by atoms with Gasteiger partial charge in [-0.1, -0.05) is 13.8 Å². The number of carbonyl (C=O) groups is 1. The van der Waals surface area contributed by atoms with Gasteiger partial charge in [0.1, 0.15) is 5.54 Å². The van der Waals surface area contributed by atoms with Crippen molar-refractivity contribution in [2.45, 2.75) is 45.7 Å². The molecule has 1 N–H and O–H groups in total. The molecule has 1 aliphatic rings. The third-order valence-corrected chi connectivity index (χ3v) is 5.71. The van der Waals surface area contributed by atoms with Crippen molar-refractivity contribution in [3.05, 3.63) is 0 Å². The summed E-state index contributed by atoms with van der Waals surface area (Å²) in [7, 11) is -1.69. The van der Waals surface area contributed by atoms with E-state index in [-0.39, 0.29) is 11.7 Å². The highest BCUT2D eigenvalue weighted by atomic mass is 32.2. The van der Waals surface area contributed by atoms with Crippen molar-refractivity contribution in [2.75, 3.05) is 32.4 Å². The van der Waals surface area contributed by atoms with Gasteiger partial charge in [0.05, 0.1) is 5.75 Å². The number of rotatable bonds is 6. The van der Waals surface area contributed by atoms with Crippen molar-refractivity contribution in [2.24, 2.45) is 0 Å². The number of sulfonamides is 1. The van der Waals surface area contributed by atoms with Gasteiger partial charge in [-0.05, 0) is 26.8 Å². The SMILES string of the molecule is CC(C)NCCCS(=O)(=O)N1CCN(C)C(=O)C1(C)C. The molecule has 1 aliphatic heterocycles. The van der Waals surface area contributed by atoms with E-state index >= 15 is 0 Å². The number of hydrogen-bond donors (Lipinski definition) is 1. The molecule has 0 radical (unpaired) electrons. The maximum absolute atomic E-state index is 12.4. The Kier molecular flexibility index (Phi) is 5.57. The average Bonchev–Trinajstić information content (AvgIpc) is 2.31. The normalized spacial score (nSPS) is 20.7. The molecule has 0 saturated carbocycles. The van der Waals surface area contributed by atoms with Crippen LogP contribution in [0.4, 0.5) is 0 Å². The molecular formula is C13H27N3O3S. The van der Waals surface area contributed by atoms with E-state index in [0.717, 1.165) is 0 Å². The summed E-state index contributed by atoms with van der Waals surface area (Å²) in [5, 5.41) is 3.20. The van der Waals surface area contributed by atoms with Gasteiger partial charge in [0.2, 0.25) is 15.9 Å². The molecule has 118 valence electrons. The number of piperazine rings is 1. The van der Waals surface area contributed by atoms with Gasteiger partial charge in [0.25, 0.3) is 0 Å². The lowest BCUT2D eigenvalue weighted by Crippen LogP contribution is -2.63. The van der Waals surface area contributed by atoms with Gasteiger partial charge in [0.15, 0.2) is 0 Å². The number of amides is 1. The van der Waals surface area contributed by atoms with Crippen LogP contribution in [0.5, 0.6) is 0 Å². The van der Waals surface area contributed by atoms with Gasteiger partial charge in [-0.3, -0.25) is 4.79 Å². The van der Waals surface area contributed by atoms with Crippen LogP contribution in [0.2, 0.25) is 0 Å². The molecule has 0 bridgehead atoms. The zero-order chi connectivity index (χ0) is 15.6. The minimum absolute atomic E-state index is 0.0765. The van der Waals surface area contributed by atoms with E-state index in [2.05, 4.69) is 5.32 Å². The molecule has 0 spiro atoms. The summed E-state index contributed by atoms with van der Waals surface area (Å²) in [5.41, 5.74) is -0.989. The molecule has 1 amide bonds. The number of nitrogens with zero attached hydrogens (tertiary/aromatic N) is 2. The quantitative estimate of drug-likeness (QED) is 0.715. The molecule has 1 heterocycles. The van der Waals surface area contributed by atoms with E-state index in [4.69, 9.17) is 0 Å². The van der Waals surface area contributed by atoms with Gasteiger partial charge < -0.3 is 10.2 Å². The number of hydrogen-bond acceptors (Lipinski definition) is 4. The molecule has 1 fully saturated rings. The Hall–Kier alpha value is -0.660. The van der Waals surface area contributed by atoms with Crippen LogP contribution in [0.3, 0.4) is 0 Å². The van der Waals surface area contributed by atoms with Crippen LogP contribution in [0.25, 0.3) is 0 Å². The van der Waals surface area contributed by atoms with Crippen LogP contribution >= 0.6 is 0 Å². The van der Waals surface area contributed by atoms with Crippen molar-refractivity contribution in [1.29, 1.82) is 0 Å². The number of likely N-dealkylation sites (N-methyl/N-ethyl adjacent to an activating group) is 1. The second kappa shape index (κ2) is 6.41. The molecule has 6 nitrogen and oxygen atoms in total. The minimum atomic E-state index is -3.40. The molecular weight excluding hydrogens is 278 g/mol. The number of nitrogens with one attached hydrogen (secondary N) is 1. The topological polar surface area (TPSA) is 69.7 Å². The predicted octanol–water partition coefficient (Wildman–Crippen LogP) is 0.257. The van der Waals surface area contributed by atoms with Crippen LogP contribution in [0, 0.1) is 0 Å². The van der Waals surface area contributed by atoms with Crippen LogP contribution in [0.15, 0.2) is 0 Å². The predicted molar refractivity (Wildman–Crippen MR) is 80.0 cm³/mol. The summed E-state index contributed by atoms with van der Waals surface area (Å²) < 4.78 is 26.2. The summed E-state index contributed by atoms with van der Waals surface area (Å²) in [4.78, 5) is 13.7. The molecule has 0 aromatic heterocycles. The molecule has 0 aromatic rings. The number of carbonyl (C=O) groups excluding carboxylic acids is 1. The summed E-state index contributed by atoms with van der Waals surface area (Å²) in [6, 6.07) is 0.347. The highest BCUT2D eigenvalue weighted by Gasteiger charge is 2.45.